The third-order valence-corrected chi connectivity index (χ3v) is 3.37. The van der Waals surface area contributed by atoms with Crippen LogP contribution in [-0.4, -0.2) is 49.8 Å². The van der Waals surface area contributed by atoms with Gasteiger partial charge >= 0.3 is 6.03 Å². The van der Waals surface area contributed by atoms with E-state index in [4.69, 9.17) is 9.47 Å². The van der Waals surface area contributed by atoms with Crippen molar-refractivity contribution in [1.29, 1.82) is 0 Å². The fourth-order valence-electron chi connectivity index (χ4n) is 2.17. The summed E-state index contributed by atoms with van der Waals surface area (Å²) in [5.74, 6) is 0.314. The SMILES string of the molecule is COCCOc1ccc(NC(=O)NC2CCCCNC2=O)cn1. The second-order valence-corrected chi connectivity index (χ2v) is 5.16. The average Bonchev–Trinajstić information content (AvgIpc) is 2.74. The molecule has 3 N–H and O–H groups in total. The normalized spacial score (nSPS) is 17.8. The molecule has 2 rings (SSSR count). The molecular weight excluding hydrogens is 300 g/mol. The molecule has 8 heteroatoms. The summed E-state index contributed by atoms with van der Waals surface area (Å²) in [4.78, 5) is 27.8. The zero-order valence-corrected chi connectivity index (χ0v) is 13.1. The number of hydrogen-bond donors (Lipinski definition) is 3. The van der Waals surface area contributed by atoms with Crippen LogP contribution in [-0.2, 0) is 9.53 Å². The van der Waals surface area contributed by atoms with Crippen LogP contribution in [0.4, 0.5) is 10.5 Å². The molecule has 2 heterocycles. The van der Waals surface area contributed by atoms with Crippen molar-refractivity contribution in [2.75, 3.05) is 32.2 Å². The molecule has 0 bridgehead atoms. The van der Waals surface area contributed by atoms with Crippen molar-refractivity contribution in [3.05, 3.63) is 18.3 Å². The Morgan fingerprint density at radius 3 is 3.00 bits per heavy atom. The van der Waals surface area contributed by atoms with Gasteiger partial charge in [0.2, 0.25) is 11.8 Å². The van der Waals surface area contributed by atoms with Gasteiger partial charge in [-0.2, -0.15) is 0 Å². The molecule has 8 nitrogen and oxygen atoms in total. The minimum Gasteiger partial charge on any atom is -0.475 e. The third kappa shape index (κ3) is 5.74. The van der Waals surface area contributed by atoms with Crippen LogP contribution >= 0.6 is 0 Å². The van der Waals surface area contributed by atoms with Gasteiger partial charge < -0.3 is 25.4 Å². The number of nitrogens with one attached hydrogen (secondary N) is 3. The third-order valence-electron chi connectivity index (χ3n) is 3.37. The first kappa shape index (κ1) is 17.0. The van der Waals surface area contributed by atoms with Gasteiger partial charge in [-0.05, 0) is 25.3 Å². The summed E-state index contributed by atoms with van der Waals surface area (Å²) in [5.41, 5.74) is 0.524. The monoisotopic (exact) mass is 322 g/mol. The molecule has 1 atom stereocenters. The lowest BCUT2D eigenvalue weighted by molar-refractivity contribution is -0.122. The van der Waals surface area contributed by atoms with Crippen LogP contribution in [0.1, 0.15) is 19.3 Å². The van der Waals surface area contributed by atoms with Gasteiger partial charge in [0, 0.05) is 19.7 Å². The number of ether oxygens (including phenoxy) is 2. The van der Waals surface area contributed by atoms with Gasteiger partial charge in [-0.1, -0.05) is 0 Å². The topological polar surface area (TPSA) is 102 Å². The highest BCUT2D eigenvalue weighted by molar-refractivity contribution is 5.93. The maximum Gasteiger partial charge on any atom is 0.319 e. The molecule has 0 aromatic carbocycles. The summed E-state index contributed by atoms with van der Waals surface area (Å²) >= 11 is 0. The van der Waals surface area contributed by atoms with Gasteiger partial charge in [0.1, 0.15) is 12.6 Å². The lowest BCUT2D eigenvalue weighted by atomic mass is 10.1. The van der Waals surface area contributed by atoms with Crippen molar-refractivity contribution >= 4 is 17.6 Å². The number of amides is 3. The standard InChI is InChI=1S/C15H22N4O4/c1-22-8-9-23-13-6-5-11(10-17-13)18-15(21)19-12-4-2-3-7-16-14(12)20/h5-6,10,12H,2-4,7-9H2,1H3,(H,16,20)(H2,18,19,21). The highest BCUT2D eigenvalue weighted by atomic mass is 16.5. The van der Waals surface area contributed by atoms with Crippen molar-refractivity contribution in [3.8, 4) is 5.88 Å². The number of aromatic nitrogens is 1. The minimum absolute atomic E-state index is 0.141. The molecule has 0 aliphatic carbocycles. The van der Waals surface area contributed by atoms with Gasteiger partial charge in [0.15, 0.2) is 0 Å². The first-order valence-corrected chi connectivity index (χ1v) is 7.62. The van der Waals surface area contributed by atoms with E-state index >= 15 is 0 Å². The van der Waals surface area contributed by atoms with E-state index in [1.165, 1.54) is 6.20 Å². The van der Waals surface area contributed by atoms with Crippen molar-refractivity contribution < 1.29 is 19.1 Å². The molecule has 1 aliphatic heterocycles. The number of nitrogens with zero attached hydrogens (tertiary/aromatic N) is 1. The molecule has 3 amide bonds. The van der Waals surface area contributed by atoms with E-state index in [1.807, 2.05) is 0 Å². The van der Waals surface area contributed by atoms with Gasteiger partial charge in [0.05, 0.1) is 18.5 Å². The number of urea groups is 1. The highest BCUT2D eigenvalue weighted by Crippen LogP contribution is 2.12. The van der Waals surface area contributed by atoms with Crippen molar-refractivity contribution in [2.24, 2.45) is 0 Å². The summed E-state index contributed by atoms with van der Waals surface area (Å²) in [6, 6.07) is 2.41. The van der Waals surface area contributed by atoms with Gasteiger partial charge in [-0.25, -0.2) is 9.78 Å². The summed E-state index contributed by atoms with van der Waals surface area (Å²) in [5, 5.41) is 8.10. The van der Waals surface area contributed by atoms with Crippen LogP contribution in [0.15, 0.2) is 18.3 Å². The zero-order valence-electron chi connectivity index (χ0n) is 13.1. The molecule has 0 radical (unpaired) electrons. The molecule has 1 aromatic rings. The molecule has 23 heavy (non-hydrogen) atoms. The lowest BCUT2D eigenvalue weighted by Gasteiger charge is -2.15. The van der Waals surface area contributed by atoms with Crippen LogP contribution < -0.4 is 20.7 Å². The number of methoxy groups -OCH3 is 1. The van der Waals surface area contributed by atoms with Gasteiger partial charge in [-0.3, -0.25) is 4.79 Å². The van der Waals surface area contributed by atoms with Crippen LogP contribution in [0, 0.1) is 0 Å². The quantitative estimate of drug-likeness (QED) is 0.675. The van der Waals surface area contributed by atoms with E-state index in [1.54, 1.807) is 19.2 Å². The second-order valence-electron chi connectivity index (χ2n) is 5.16. The van der Waals surface area contributed by atoms with E-state index in [9.17, 15) is 9.59 Å². The number of hydrogen-bond acceptors (Lipinski definition) is 5. The summed E-state index contributed by atoms with van der Waals surface area (Å²) in [6.07, 6.45) is 3.97. The first-order valence-electron chi connectivity index (χ1n) is 7.62. The Morgan fingerprint density at radius 2 is 2.26 bits per heavy atom. The first-order chi connectivity index (χ1) is 11.2. The lowest BCUT2D eigenvalue weighted by Crippen LogP contribution is -2.47. The fraction of sp³-hybridized carbons (Fsp3) is 0.533. The maximum absolute atomic E-state index is 12.0. The smallest absolute Gasteiger partial charge is 0.319 e. The maximum atomic E-state index is 12.0. The van der Waals surface area contributed by atoms with Gasteiger partial charge in [0.25, 0.3) is 0 Å². The van der Waals surface area contributed by atoms with Crippen LogP contribution in [0.3, 0.4) is 0 Å². The van der Waals surface area contributed by atoms with E-state index in [0.717, 1.165) is 12.8 Å². The highest BCUT2D eigenvalue weighted by Gasteiger charge is 2.22. The van der Waals surface area contributed by atoms with Gasteiger partial charge in [-0.15, -0.1) is 0 Å². The van der Waals surface area contributed by atoms with Crippen LogP contribution in [0.5, 0.6) is 5.88 Å². The Labute approximate surface area is 134 Å². The van der Waals surface area contributed by atoms with Crippen LogP contribution in [0.2, 0.25) is 0 Å². The van der Waals surface area contributed by atoms with E-state index in [-0.39, 0.29) is 5.91 Å². The largest absolute Gasteiger partial charge is 0.475 e. The summed E-state index contributed by atoms with van der Waals surface area (Å²) < 4.78 is 10.2. The summed E-state index contributed by atoms with van der Waals surface area (Å²) in [7, 11) is 1.59. The summed E-state index contributed by atoms with van der Waals surface area (Å²) in [6.45, 7) is 1.55. The average molecular weight is 322 g/mol. The van der Waals surface area contributed by atoms with Crippen molar-refractivity contribution in [1.82, 2.24) is 15.6 Å². The molecule has 0 spiro atoms. The molecule has 1 fully saturated rings. The van der Waals surface area contributed by atoms with E-state index in [0.29, 0.717) is 37.7 Å². The zero-order chi connectivity index (χ0) is 16.5. The number of anilines is 1. The van der Waals surface area contributed by atoms with Crippen molar-refractivity contribution in [2.45, 2.75) is 25.3 Å². The van der Waals surface area contributed by atoms with E-state index < -0.39 is 12.1 Å². The molecule has 126 valence electrons. The minimum atomic E-state index is -0.498. The Bertz CT molecular complexity index is 521. The Kier molecular flexibility index (Phi) is 6.61. The molecule has 1 aromatic heterocycles. The second kappa shape index (κ2) is 8.94. The number of rotatable bonds is 6. The molecule has 1 aliphatic rings. The van der Waals surface area contributed by atoms with E-state index in [2.05, 4.69) is 20.9 Å². The Balaban J connectivity index is 1.81. The molecule has 1 unspecified atom stereocenters. The van der Waals surface area contributed by atoms with Crippen LogP contribution in [0.25, 0.3) is 0 Å². The number of carbonyl (C=O) groups excluding carboxylic acids is 2. The number of carbonyl (C=O) groups is 2. The predicted octanol–water partition coefficient (Wildman–Crippen LogP) is 0.897. The Morgan fingerprint density at radius 1 is 1.39 bits per heavy atom. The number of pyridine rings is 1. The molecule has 0 saturated carbocycles. The fourth-order valence-corrected chi connectivity index (χ4v) is 2.17. The van der Waals surface area contributed by atoms with Crippen molar-refractivity contribution in [3.63, 3.8) is 0 Å². The molecule has 1 saturated heterocycles. The molecular formula is C15H22N4O4. The Hall–Kier alpha value is -2.35. The predicted molar refractivity (Wildman–Crippen MR) is 84.4 cm³/mol.